The standard InChI is InChI=1S/C16H26N4/c1-2-20-10-18-19-15(20)14(17)9-16-6-11-3-12(7-16)5-13(4-11)8-16/h10-14H,2-9,17H2,1H3. The van der Waals surface area contributed by atoms with E-state index >= 15 is 0 Å². The van der Waals surface area contributed by atoms with Crippen LogP contribution >= 0.6 is 0 Å². The smallest absolute Gasteiger partial charge is 0.149 e. The fourth-order valence-electron chi connectivity index (χ4n) is 5.89. The maximum absolute atomic E-state index is 6.51. The van der Waals surface area contributed by atoms with Crippen LogP contribution in [0.25, 0.3) is 0 Å². The molecule has 5 rings (SSSR count). The molecular weight excluding hydrogens is 248 g/mol. The first-order chi connectivity index (χ1) is 9.67. The van der Waals surface area contributed by atoms with Gasteiger partial charge >= 0.3 is 0 Å². The van der Waals surface area contributed by atoms with Crippen molar-refractivity contribution in [2.45, 2.75) is 64.5 Å². The lowest BCUT2D eigenvalue weighted by molar-refractivity contribution is -0.0610. The van der Waals surface area contributed by atoms with Gasteiger partial charge in [0, 0.05) is 6.54 Å². The Hall–Kier alpha value is -0.900. The summed E-state index contributed by atoms with van der Waals surface area (Å²) in [4.78, 5) is 0. The predicted octanol–water partition coefficient (Wildman–Crippen LogP) is 2.90. The summed E-state index contributed by atoms with van der Waals surface area (Å²) in [6, 6.07) is 0.0636. The zero-order valence-corrected chi connectivity index (χ0v) is 12.5. The third-order valence-electron chi connectivity index (χ3n) is 6.14. The van der Waals surface area contributed by atoms with Crippen molar-refractivity contribution >= 4 is 0 Å². The molecule has 110 valence electrons. The molecule has 1 atom stereocenters. The van der Waals surface area contributed by atoms with Gasteiger partial charge in [0.1, 0.15) is 12.2 Å². The number of hydrogen-bond donors (Lipinski definition) is 1. The van der Waals surface area contributed by atoms with E-state index in [2.05, 4.69) is 21.7 Å². The molecule has 4 fully saturated rings. The number of rotatable bonds is 4. The highest BCUT2D eigenvalue weighted by atomic mass is 15.3. The van der Waals surface area contributed by atoms with E-state index in [1.165, 1.54) is 38.5 Å². The quantitative estimate of drug-likeness (QED) is 0.918. The number of hydrogen-bond acceptors (Lipinski definition) is 3. The minimum atomic E-state index is 0.0636. The van der Waals surface area contributed by atoms with Crippen LogP contribution in [0.2, 0.25) is 0 Å². The third kappa shape index (κ3) is 2.00. The van der Waals surface area contributed by atoms with Crippen molar-refractivity contribution in [3.8, 4) is 0 Å². The maximum atomic E-state index is 6.51. The van der Waals surface area contributed by atoms with Gasteiger partial charge in [0.2, 0.25) is 0 Å². The van der Waals surface area contributed by atoms with Gasteiger partial charge in [-0.25, -0.2) is 0 Å². The molecule has 0 aromatic carbocycles. The van der Waals surface area contributed by atoms with Gasteiger partial charge in [0.25, 0.3) is 0 Å². The van der Waals surface area contributed by atoms with Crippen LogP contribution in [0.15, 0.2) is 6.33 Å². The molecule has 4 saturated carbocycles. The van der Waals surface area contributed by atoms with Crippen LogP contribution in [0.5, 0.6) is 0 Å². The molecule has 20 heavy (non-hydrogen) atoms. The van der Waals surface area contributed by atoms with Crippen molar-refractivity contribution in [1.29, 1.82) is 0 Å². The highest BCUT2D eigenvalue weighted by Gasteiger charge is 2.51. The largest absolute Gasteiger partial charge is 0.321 e. The van der Waals surface area contributed by atoms with E-state index in [1.807, 2.05) is 6.33 Å². The first-order valence-electron chi connectivity index (χ1n) is 8.31. The second-order valence-electron chi connectivity index (χ2n) is 7.70. The summed E-state index contributed by atoms with van der Waals surface area (Å²) in [6.07, 6.45) is 11.7. The molecule has 0 saturated heterocycles. The first kappa shape index (κ1) is 12.8. The van der Waals surface area contributed by atoms with Gasteiger partial charge in [-0.2, -0.15) is 0 Å². The Morgan fingerprint density at radius 3 is 2.40 bits per heavy atom. The summed E-state index contributed by atoms with van der Waals surface area (Å²) in [5.41, 5.74) is 7.04. The van der Waals surface area contributed by atoms with Gasteiger partial charge in [-0.3, -0.25) is 0 Å². The molecule has 0 radical (unpaired) electrons. The topological polar surface area (TPSA) is 56.7 Å². The van der Waals surface area contributed by atoms with Crippen LogP contribution < -0.4 is 5.73 Å². The van der Waals surface area contributed by atoms with Crippen LogP contribution in [0.1, 0.15) is 63.7 Å². The number of nitrogens with zero attached hydrogens (tertiary/aromatic N) is 3. The summed E-state index contributed by atoms with van der Waals surface area (Å²) < 4.78 is 2.10. The number of aryl methyl sites for hydroxylation is 1. The molecule has 1 heterocycles. The molecule has 2 N–H and O–H groups in total. The summed E-state index contributed by atoms with van der Waals surface area (Å²) in [5.74, 6) is 3.98. The molecule has 1 unspecified atom stereocenters. The van der Waals surface area contributed by atoms with E-state index < -0.39 is 0 Å². The first-order valence-corrected chi connectivity index (χ1v) is 8.31. The highest BCUT2D eigenvalue weighted by molar-refractivity contribution is 5.05. The van der Waals surface area contributed by atoms with Crippen molar-refractivity contribution < 1.29 is 0 Å². The molecule has 0 spiro atoms. The third-order valence-corrected chi connectivity index (χ3v) is 6.14. The Bertz CT molecular complexity index is 457. The monoisotopic (exact) mass is 274 g/mol. The zero-order chi connectivity index (χ0) is 13.7. The van der Waals surface area contributed by atoms with E-state index in [9.17, 15) is 0 Å². The summed E-state index contributed by atoms with van der Waals surface area (Å²) in [7, 11) is 0. The highest BCUT2D eigenvalue weighted by Crippen LogP contribution is 2.62. The molecule has 4 nitrogen and oxygen atoms in total. The molecular formula is C16H26N4. The average molecular weight is 274 g/mol. The van der Waals surface area contributed by atoms with Gasteiger partial charge in [0.15, 0.2) is 0 Å². The SMILES string of the molecule is CCn1cnnc1C(N)CC12CC3CC(CC(C3)C1)C2. The fourth-order valence-corrected chi connectivity index (χ4v) is 5.89. The van der Waals surface area contributed by atoms with E-state index in [1.54, 1.807) is 0 Å². The second-order valence-corrected chi connectivity index (χ2v) is 7.70. The lowest BCUT2D eigenvalue weighted by Gasteiger charge is -2.57. The Labute approximate surface area is 121 Å². The van der Waals surface area contributed by atoms with E-state index in [4.69, 9.17) is 5.73 Å². The van der Waals surface area contributed by atoms with Crippen molar-refractivity contribution in [2.24, 2.45) is 28.9 Å². The molecule has 4 heteroatoms. The normalized spacial score (nSPS) is 40.2. The molecule has 1 aromatic heterocycles. The fraction of sp³-hybridized carbons (Fsp3) is 0.875. The van der Waals surface area contributed by atoms with E-state index in [0.717, 1.165) is 36.5 Å². The van der Waals surface area contributed by atoms with Gasteiger partial charge in [-0.15, -0.1) is 10.2 Å². The maximum Gasteiger partial charge on any atom is 0.149 e. The van der Waals surface area contributed by atoms with Gasteiger partial charge in [-0.05, 0) is 75.0 Å². The Morgan fingerprint density at radius 2 is 1.85 bits per heavy atom. The predicted molar refractivity (Wildman–Crippen MR) is 77.8 cm³/mol. The van der Waals surface area contributed by atoms with Crippen molar-refractivity contribution in [3.05, 3.63) is 12.2 Å². The molecule has 4 aliphatic carbocycles. The van der Waals surface area contributed by atoms with Gasteiger partial charge < -0.3 is 10.3 Å². The van der Waals surface area contributed by atoms with E-state index in [0.29, 0.717) is 5.41 Å². The summed E-state index contributed by atoms with van der Waals surface area (Å²) in [5, 5.41) is 8.31. The molecule has 1 aromatic rings. The zero-order valence-electron chi connectivity index (χ0n) is 12.5. The number of nitrogens with two attached hydrogens (primary N) is 1. The van der Waals surface area contributed by atoms with Crippen LogP contribution in [-0.4, -0.2) is 14.8 Å². The Balaban J connectivity index is 1.54. The van der Waals surface area contributed by atoms with Crippen molar-refractivity contribution in [2.75, 3.05) is 0 Å². The molecule has 0 aliphatic heterocycles. The Morgan fingerprint density at radius 1 is 1.25 bits per heavy atom. The van der Waals surface area contributed by atoms with E-state index in [-0.39, 0.29) is 6.04 Å². The van der Waals surface area contributed by atoms with Gasteiger partial charge in [0.05, 0.1) is 6.04 Å². The molecule has 4 bridgehead atoms. The van der Waals surface area contributed by atoms with Crippen LogP contribution in [0.4, 0.5) is 0 Å². The molecule has 0 amide bonds. The van der Waals surface area contributed by atoms with Crippen LogP contribution in [0.3, 0.4) is 0 Å². The van der Waals surface area contributed by atoms with Crippen molar-refractivity contribution in [1.82, 2.24) is 14.8 Å². The Kier molecular flexibility index (Phi) is 2.92. The lowest BCUT2D eigenvalue weighted by Crippen LogP contribution is -2.47. The molecule has 4 aliphatic rings. The lowest BCUT2D eigenvalue weighted by atomic mass is 9.48. The minimum absolute atomic E-state index is 0.0636. The van der Waals surface area contributed by atoms with Crippen LogP contribution in [0, 0.1) is 23.2 Å². The average Bonchev–Trinajstić information content (AvgIpc) is 2.84. The summed E-state index contributed by atoms with van der Waals surface area (Å²) in [6.45, 7) is 3.04. The van der Waals surface area contributed by atoms with Gasteiger partial charge in [-0.1, -0.05) is 0 Å². The van der Waals surface area contributed by atoms with Crippen molar-refractivity contribution in [3.63, 3.8) is 0 Å². The second kappa shape index (κ2) is 4.55. The summed E-state index contributed by atoms with van der Waals surface area (Å²) >= 11 is 0. The minimum Gasteiger partial charge on any atom is -0.321 e. The number of aromatic nitrogens is 3. The van der Waals surface area contributed by atoms with Crippen LogP contribution in [-0.2, 0) is 6.54 Å².